The van der Waals surface area contributed by atoms with E-state index in [1.54, 1.807) is 24.4 Å². The van der Waals surface area contributed by atoms with Gasteiger partial charge in [-0.15, -0.1) is 0 Å². The number of benzene rings is 1. The fraction of sp³-hybridized carbons (Fsp3) is 0.143. The number of halogens is 1. The van der Waals surface area contributed by atoms with Crippen LogP contribution < -0.4 is 10.1 Å². The lowest BCUT2D eigenvalue weighted by molar-refractivity contribution is -0.118. The highest BCUT2D eigenvalue weighted by molar-refractivity contribution is 9.10. The van der Waals surface area contributed by atoms with E-state index in [9.17, 15) is 4.79 Å². The van der Waals surface area contributed by atoms with Crippen LogP contribution in [0.25, 0.3) is 0 Å². The minimum Gasteiger partial charge on any atom is -0.484 e. The number of amides is 1. The standard InChI is InChI=1S/C14H13BrN2O3/c15-11-1-3-12(4-2-11)20-9-14(19)17-13-7-16-6-5-10(13)8-18/h1-7,18H,8-9H2,(H,17,19). The van der Waals surface area contributed by atoms with Crippen LogP contribution in [-0.4, -0.2) is 22.6 Å². The number of ether oxygens (including phenoxy) is 1. The molecule has 2 rings (SSSR count). The van der Waals surface area contributed by atoms with Crippen LogP contribution in [0.5, 0.6) is 5.75 Å². The van der Waals surface area contributed by atoms with Crippen LogP contribution in [0.15, 0.2) is 47.2 Å². The number of hydrogen-bond acceptors (Lipinski definition) is 4. The molecule has 1 aromatic heterocycles. The lowest BCUT2D eigenvalue weighted by Crippen LogP contribution is -2.21. The molecule has 0 aliphatic heterocycles. The van der Waals surface area contributed by atoms with E-state index >= 15 is 0 Å². The van der Waals surface area contributed by atoms with Gasteiger partial charge in [0.1, 0.15) is 5.75 Å². The van der Waals surface area contributed by atoms with Crippen molar-refractivity contribution in [2.75, 3.05) is 11.9 Å². The molecule has 0 spiro atoms. The van der Waals surface area contributed by atoms with Crippen molar-refractivity contribution in [3.8, 4) is 5.75 Å². The molecule has 104 valence electrons. The monoisotopic (exact) mass is 336 g/mol. The summed E-state index contributed by atoms with van der Waals surface area (Å²) < 4.78 is 6.29. The first-order valence-corrected chi connectivity index (χ1v) is 6.70. The van der Waals surface area contributed by atoms with Crippen molar-refractivity contribution in [3.05, 3.63) is 52.8 Å². The summed E-state index contributed by atoms with van der Waals surface area (Å²) in [6, 6.07) is 8.84. The Bertz CT molecular complexity index is 587. The van der Waals surface area contributed by atoms with Crippen LogP contribution in [0.3, 0.4) is 0 Å². The number of hydrogen-bond donors (Lipinski definition) is 2. The van der Waals surface area contributed by atoms with Crippen LogP contribution in [0, 0.1) is 0 Å². The molecule has 0 fully saturated rings. The normalized spacial score (nSPS) is 10.1. The van der Waals surface area contributed by atoms with Gasteiger partial charge in [-0.3, -0.25) is 9.78 Å². The molecule has 2 N–H and O–H groups in total. The van der Waals surface area contributed by atoms with E-state index in [2.05, 4.69) is 26.2 Å². The molecule has 6 heteroatoms. The smallest absolute Gasteiger partial charge is 0.262 e. The van der Waals surface area contributed by atoms with E-state index in [0.717, 1.165) is 4.47 Å². The van der Waals surface area contributed by atoms with Gasteiger partial charge in [-0.1, -0.05) is 15.9 Å². The maximum Gasteiger partial charge on any atom is 0.262 e. The molecular weight excluding hydrogens is 324 g/mol. The Hall–Kier alpha value is -1.92. The highest BCUT2D eigenvalue weighted by atomic mass is 79.9. The number of aromatic nitrogens is 1. The van der Waals surface area contributed by atoms with Gasteiger partial charge in [0.15, 0.2) is 6.61 Å². The summed E-state index contributed by atoms with van der Waals surface area (Å²) in [4.78, 5) is 15.7. The summed E-state index contributed by atoms with van der Waals surface area (Å²) in [6.07, 6.45) is 3.04. The number of anilines is 1. The van der Waals surface area contributed by atoms with E-state index in [0.29, 0.717) is 17.0 Å². The first-order chi connectivity index (χ1) is 9.69. The van der Waals surface area contributed by atoms with Crippen molar-refractivity contribution in [2.24, 2.45) is 0 Å². The third-order valence-corrected chi connectivity index (χ3v) is 3.07. The zero-order chi connectivity index (χ0) is 14.4. The van der Waals surface area contributed by atoms with Crippen LogP contribution >= 0.6 is 15.9 Å². The van der Waals surface area contributed by atoms with Crippen molar-refractivity contribution in [1.82, 2.24) is 4.98 Å². The predicted octanol–water partition coefficient (Wildman–Crippen LogP) is 2.35. The van der Waals surface area contributed by atoms with Gasteiger partial charge in [0.2, 0.25) is 0 Å². The van der Waals surface area contributed by atoms with Gasteiger partial charge >= 0.3 is 0 Å². The maximum absolute atomic E-state index is 11.8. The zero-order valence-electron chi connectivity index (χ0n) is 10.5. The van der Waals surface area contributed by atoms with Crippen molar-refractivity contribution >= 4 is 27.5 Å². The van der Waals surface area contributed by atoms with Gasteiger partial charge in [-0.25, -0.2) is 0 Å². The molecule has 1 aromatic carbocycles. The third kappa shape index (κ3) is 4.04. The Balaban J connectivity index is 1.91. The Morgan fingerprint density at radius 1 is 1.30 bits per heavy atom. The first-order valence-electron chi connectivity index (χ1n) is 5.91. The lowest BCUT2D eigenvalue weighted by Gasteiger charge is -2.09. The van der Waals surface area contributed by atoms with Gasteiger partial charge in [-0.05, 0) is 30.3 Å². The van der Waals surface area contributed by atoms with Crippen LogP contribution in [0.4, 0.5) is 5.69 Å². The molecule has 0 radical (unpaired) electrons. The van der Waals surface area contributed by atoms with E-state index < -0.39 is 0 Å². The average Bonchev–Trinajstić information content (AvgIpc) is 2.47. The Morgan fingerprint density at radius 3 is 2.75 bits per heavy atom. The van der Waals surface area contributed by atoms with E-state index in [4.69, 9.17) is 9.84 Å². The summed E-state index contributed by atoms with van der Waals surface area (Å²) in [7, 11) is 0. The van der Waals surface area contributed by atoms with Gasteiger partial charge in [-0.2, -0.15) is 0 Å². The topological polar surface area (TPSA) is 71.5 Å². The molecule has 2 aromatic rings. The molecule has 5 nitrogen and oxygen atoms in total. The summed E-state index contributed by atoms with van der Waals surface area (Å²) in [5.41, 5.74) is 1.09. The fourth-order valence-electron chi connectivity index (χ4n) is 1.54. The van der Waals surface area contributed by atoms with Gasteiger partial charge in [0.25, 0.3) is 5.91 Å². The predicted molar refractivity (Wildman–Crippen MR) is 78.4 cm³/mol. The largest absolute Gasteiger partial charge is 0.484 e. The van der Waals surface area contributed by atoms with Crippen molar-refractivity contribution in [2.45, 2.75) is 6.61 Å². The van der Waals surface area contributed by atoms with Crippen molar-refractivity contribution in [3.63, 3.8) is 0 Å². The molecule has 0 unspecified atom stereocenters. The van der Waals surface area contributed by atoms with Crippen LogP contribution in [0.1, 0.15) is 5.56 Å². The molecule has 1 amide bonds. The summed E-state index contributed by atoms with van der Waals surface area (Å²) in [5.74, 6) is 0.299. The van der Waals surface area contributed by atoms with Gasteiger partial charge < -0.3 is 15.2 Å². The second kappa shape index (κ2) is 7.02. The quantitative estimate of drug-likeness (QED) is 0.879. The van der Waals surface area contributed by atoms with E-state index in [1.807, 2.05) is 12.1 Å². The number of carbonyl (C=O) groups is 1. The van der Waals surface area contributed by atoms with Crippen molar-refractivity contribution < 1.29 is 14.6 Å². The average molecular weight is 337 g/mol. The SMILES string of the molecule is O=C(COc1ccc(Br)cc1)Nc1cnccc1CO. The number of aliphatic hydroxyl groups excluding tert-OH is 1. The number of nitrogens with zero attached hydrogens (tertiary/aromatic N) is 1. The highest BCUT2D eigenvalue weighted by Gasteiger charge is 2.07. The Kier molecular flexibility index (Phi) is 5.09. The third-order valence-electron chi connectivity index (χ3n) is 2.54. The van der Waals surface area contributed by atoms with E-state index in [-0.39, 0.29) is 19.1 Å². The number of rotatable bonds is 5. The lowest BCUT2D eigenvalue weighted by atomic mass is 10.2. The number of nitrogens with one attached hydrogen (secondary N) is 1. The second-order valence-corrected chi connectivity index (χ2v) is 4.90. The summed E-state index contributed by atoms with van der Waals surface area (Å²) in [5, 5.41) is 11.8. The molecule has 0 atom stereocenters. The summed E-state index contributed by atoms with van der Waals surface area (Å²) in [6.45, 7) is -0.271. The van der Waals surface area contributed by atoms with Crippen molar-refractivity contribution in [1.29, 1.82) is 0 Å². The maximum atomic E-state index is 11.8. The summed E-state index contributed by atoms with van der Waals surface area (Å²) >= 11 is 3.32. The minimum absolute atomic E-state index is 0.110. The second-order valence-electron chi connectivity index (χ2n) is 3.98. The van der Waals surface area contributed by atoms with Gasteiger partial charge in [0.05, 0.1) is 18.5 Å². The number of aliphatic hydroxyl groups is 1. The molecular formula is C14H13BrN2O3. The van der Waals surface area contributed by atoms with Gasteiger partial charge in [0, 0.05) is 16.2 Å². The molecule has 1 heterocycles. The first kappa shape index (κ1) is 14.5. The molecule has 0 aliphatic carbocycles. The Morgan fingerprint density at radius 2 is 2.05 bits per heavy atom. The highest BCUT2D eigenvalue weighted by Crippen LogP contribution is 2.16. The zero-order valence-corrected chi connectivity index (χ0v) is 12.1. The number of pyridine rings is 1. The Labute approximate surface area is 124 Å². The van der Waals surface area contributed by atoms with Crippen LogP contribution in [0.2, 0.25) is 0 Å². The molecule has 0 bridgehead atoms. The molecule has 0 aliphatic rings. The molecule has 0 saturated heterocycles. The van der Waals surface area contributed by atoms with E-state index in [1.165, 1.54) is 6.20 Å². The number of carbonyl (C=O) groups excluding carboxylic acids is 1. The molecule has 20 heavy (non-hydrogen) atoms. The fourth-order valence-corrected chi connectivity index (χ4v) is 1.80. The minimum atomic E-state index is -0.310. The van der Waals surface area contributed by atoms with Crippen LogP contribution in [-0.2, 0) is 11.4 Å². The molecule has 0 saturated carbocycles.